The number of aromatic nitrogens is 2. The van der Waals surface area contributed by atoms with Crippen LogP contribution in [0.5, 0.6) is 0 Å². The van der Waals surface area contributed by atoms with Crippen LogP contribution in [0.2, 0.25) is 0 Å². The summed E-state index contributed by atoms with van der Waals surface area (Å²) in [6.07, 6.45) is 5.78. The Labute approximate surface area is 142 Å². The second-order valence-electron chi connectivity index (χ2n) is 6.21. The van der Waals surface area contributed by atoms with Crippen LogP contribution in [0, 0.1) is 0 Å². The highest BCUT2D eigenvalue weighted by Crippen LogP contribution is 2.25. The minimum Gasteiger partial charge on any atom is -0.480 e. The van der Waals surface area contributed by atoms with Crippen molar-refractivity contribution in [2.75, 3.05) is 13.1 Å². The second-order valence-corrected chi connectivity index (χ2v) is 6.21. The molecule has 6 heteroatoms. The van der Waals surface area contributed by atoms with E-state index in [1.54, 1.807) is 0 Å². The lowest BCUT2D eigenvalue weighted by atomic mass is 9.85. The molecule has 0 bridgehead atoms. The molecule has 24 heavy (non-hydrogen) atoms. The van der Waals surface area contributed by atoms with Gasteiger partial charge in [0.1, 0.15) is 5.82 Å². The van der Waals surface area contributed by atoms with Gasteiger partial charge in [0.15, 0.2) is 0 Å². The van der Waals surface area contributed by atoms with Gasteiger partial charge >= 0.3 is 5.97 Å². The third-order valence-electron chi connectivity index (χ3n) is 4.67. The monoisotopic (exact) mass is 328 g/mol. The average molecular weight is 328 g/mol. The first-order valence-corrected chi connectivity index (χ1v) is 8.44. The number of carbonyl (C=O) groups is 1. The predicted octanol–water partition coefficient (Wildman–Crippen LogP) is 1.90. The fourth-order valence-electron chi connectivity index (χ4n) is 3.25. The van der Waals surface area contributed by atoms with Crippen LogP contribution in [0.25, 0.3) is 5.69 Å². The molecule has 0 atom stereocenters. The third kappa shape index (κ3) is 3.83. The Morgan fingerprint density at radius 1 is 1.38 bits per heavy atom. The molecule has 2 aromatic rings. The molecule has 128 valence electrons. The Morgan fingerprint density at radius 3 is 2.79 bits per heavy atom. The molecule has 0 aliphatic heterocycles. The van der Waals surface area contributed by atoms with Gasteiger partial charge in [-0.1, -0.05) is 25.1 Å². The van der Waals surface area contributed by atoms with Gasteiger partial charge in [0.05, 0.1) is 13.1 Å². The first kappa shape index (κ1) is 16.7. The van der Waals surface area contributed by atoms with Crippen molar-refractivity contribution in [1.29, 1.82) is 0 Å². The predicted molar refractivity (Wildman–Crippen MR) is 92.1 cm³/mol. The van der Waals surface area contributed by atoms with Crippen LogP contribution in [0.4, 0.5) is 0 Å². The van der Waals surface area contributed by atoms with Crippen molar-refractivity contribution in [2.45, 2.75) is 38.4 Å². The molecule has 1 aromatic heterocycles. The quantitative estimate of drug-likeness (QED) is 0.774. The molecular weight excluding hydrogens is 304 g/mol. The van der Waals surface area contributed by atoms with Crippen LogP contribution in [-0.2, 0) is 11.3 Å². The maximum Gasteiger partial charge on any atom is 0.317 e. The smallest absolute Gasteiger partial charge is 0.317 e. The fourth-order valence-corrected chi connectivity index (χ4v) is 3.25. The number of carboxylic acid groups (broad SMARTS) is 1. The van der Waals surface area contributed by atoms with Gasteiger partial charge < -0.3 is 15.0 Å². The Bertz CT molecular complexity index is 665. The van der Waals surface area contributed by atoms with E-state index < -0.39 is 5.97 Å². The summed E-state index contributed by atoms with van der Waals surface area (Å²) in [5.74, 6) is 0.237. The van der Waals surface area contributed by atoms with Crippen molar-refractivity contribution in [3.05, 3.63) is 48.5 Å². The summed E-state index contributed by atoms with van der Waals surface area (Å²) < 4.78 is 2.09. The zero-order valence-corrected chi connectivity index (χ0v) is 13.9. The number of benzene rings is 1. The van der Waals surface area contributed by atoms with Gasteiger partial charge in [-0.25, -0.2) is 4.98 Å². The maximum absolute atomic E-state index is 10.9. The van der Waals surface area contributed by atoms with Crippen molar-refractivity contribution in [3.8, 4) is 5.69 Å². The van der Waals surface area contributed by atoms with Crippen LogP contribution in [0.1, 0.15) is 25.6 Å². The minimum atomic E-state index is -0.752. The molecule has 6 nitrogen and oxygen atoms in total. The van der Waals surface area contributed by atoms with Gasteiger partial charge in [-0.15, -0.1) is 0 Å². The number of likely N-dealkylation sites (N-methyl/N-ethyl adjacent to an activating group) is 1. The lowest BCUT2D eigenvalue weighted by Crippen LogP contribution is -2.53. The SMILES string of the molecule is CCN(CC(=O)O)C1CC(NCc2nccn2-c2ccccc2)C1. The highest BCUT2D eigenvalue weighted by Gasteiger charge is 2.33. The van der Waals surface area contributed by atoms with E-state index in [0.717, 1.165) is 30.9 Å². The lowest BCUT2D eigenvalue weighted by molar-refractivity contribution is -0.139. The molecule has 0 saturated heterocycles. The second kappa shape index (κ2) is 7.59. The molecule has 0 amide bonds. The standard InChI is InChI=1S/C18H24N4O2/c1-2-21(13-18(23)24)16-10-14(11-16)20-12-17-19-8-9-22(17)15-6-4-3-5-7-15/h3-9,14,16,20H,2,10-13H2,1H3,(H,23,24). The van der Waals surface area contributed by atoms with E-state index in [-0.39, 0.29) is 6.54 Å². The van der Waals surface area contributed by atoms with Crippen LogP contribution in [0.15, 0.2) is 42.7 Å². The van der Waals surface area contributed by atoms with Crippen molar-refractivity contribution in [3.63, 3.8) is 0 Å². The highest BCUT2D eigenvalue weighted by molar-refractivity contribution is 5.69. The summed E-state index contributed by atoms with van der Waals surface area (Å²) in [6.45, 7) is 3.64. The Hall–Kier alpha value is -2.18. The number of hydrogen-bond donors (Lipinski definition) is 2. The molecule has 0 radical (unpaired) electrons. The van der Waals surface area contributed by atoms with E-state index in [9.17, 15) is 4.79 Å². The van der Waals surface area contributed by atoms with E-state index >= 15 is 0 Å². The van der Waals surface area contributed by atoms with Crippen molar-refractivity contribution >= 4 is 5.97 Å². The fraction of sp³-hybridized carbons (Fsp3) is 0.444. The van der Waals surface area contributed by atoms with E-state index in [1.165, 1.54) is 0 Å². The summed E-state index contributed by atoms with van der Waals surface area (Å²) in [5, 5.41) is 12.5. The van der Waals surface area contributed by atoms with Crippen molar-refractivity contribution < 1.29 is 9.90 Å². The third-order valence-corrected chi connectivity index (χ3v) is 4.67. The number of para-hydroxylation sites is 1. The largest absolute Gasteiger partial charge is 0.480 e. The lowest BCUT2D eigenvalue weighted by Gasteiger charge is -2.42. The first-order valence-electron chi connectivity index (χ1n) is 8.44. The Balaban J connectivity index is 1.50. The zero-order chi connectivity index (χ0) is 16.9. The number of hydrogen-bond acceptors (Lipinski definition) is 4. The van der Waals surface area contributed by atoms with E-state index in [2.05, 4.69) is 27.0 Å². The molecule has 3 rings (SSSR count). The summed E-state index contributed by atoms with van der Waals surface area (Å²) in [5.41, 5.74) is 1.11. The molecule has 1 saturated carbocycles. The minimum absolute atomic E-state index is 0.131. The number of nitrogens with one attached hydrogen (secondary N) is 1. The molecule has 1 aliphatic rings. The first-order chi connectivity index (χ1) is 11.7. The van der Waals surface area contributed by atoms with Crippen LogP contribution in [0.3, 0.4) is 0 Å². The molecule has 0 spiro atoms. The Morgan fingerprint density at radius 2 is 2.12 bits per heavy atom. The number of rotatable bonds is 8. The highest BCUT2D eigenvalue weighted by atomic mass is 16.4. The molecule has 1 heterocycles. The number of aliphatic carboxylic acids is 1. The summed E-state index contributed by atoms with van der Waals surface area (Å²) >= 11 is 0. The van der Waals surface area contributed by atoms with Crippen LogP contribution < -0.4 is 5.32 Å². The summed E-state index contributed by atoms with van der Waals surface area (Å²) in [6, 6.07) is 11.0. The molecule has 1 aromatic carbocycles. The molecule has 0 unspecified atom stereocenters. The van der Waals surface area contributed by atoms with Gasteiger partial charge in [-0.05, 0) is 31.5 Å². The Kier molecular flexibility index (Phi) is 5.27. The average Bonchev–Trinajstić information content (AvgIpc) is 3.01. The molecule has 1 fully saturated rings. The number of carboxylic acids is 1. The van der Waals surface area contributed by atoms with Crippen molar-refractivity contribution in [2.24, 2.45) is 0 Å². The van der Waals surface area contributed by atoms with E-state index in [1.807, 2.05) is 42.4 Å². The summed E-state index contributed by atoms with van der Waals surface area (Å²) in [7, 11) is 0. The van der Waals surface area contributed by atoms with Gasteiger partial charge in [0, 0.05) is 30.2 Å². The van der Waals surface area contributed by atoms with Crippen LogP contribution in [-0.4, -0.2) is 50.7 Å². The topological polar surface area (TPSA) is 70.4 Å². The number of imidazole rings is 1. The molecule has 2 N–H and O–H groups in total. The van der Waals surface area contributed by atoms with E-state index in [4.69, 9.17) is 5.11 Å². The number of nitrogens with zero attached hydrogens (tertiary/aromatic N) is 3. The van der Waals surface area contributed by atoms with Gasteiger partial charge in [0.2, 0.25) is 0 Å². The van der Waals surface area contributed by atoms with Crippen molar-refractivity contribution in [1.82, 2.24) is 19.8 Å². The van der Waals surface area contributed by atoms with E-state index in [0.29, 0.717) is 18.6 Å². The zero-order valence-electron chi connectivity index (χ0n) is 13.9. The molecular formula is C18H24N4O2. The van der Waals surface area contributed by atoms with Crippen LogP contribution >= 0.6 is 0 Å². The maximum atomic E-state index is 10.9. The van der Waals surface area contributed by atoms with Gasteiger partial charge in [-0.2, -0.15) is 0 Å². The van der Waals surface area contributed by atoms with Gasteiger partial charge in [0.25, 0.3) is 0 Å². The summed E-state index contributed by atoms with van der Waals surface area (Å²) in [4.78, 5) is 17.4. The normalized spacial score (nSPS) is 20.1. The molecule has 1 aliphatic carbocycles. The van der Waals surface area contributed by atoms with Gasteiger partial charge in [-0.3, -0.25) is 9.69 Å².